The predicted molar refractivity (Wildman–Crippen MR) is 98.1 cm³/mol. The van der Waals surface area contributed by atoms with Gasteiger partial charge in [-0.15, -0.1) is 0 Å². The molecule has 0 aliphatic carbocycles. The fraction of sp³-hybridized carbons (Fsp3) is 0.167. The molecule has 0 bridgehead atoms. The summed E-state index contributed by atoms with van der Waals surface area (Å²) in [5.74, 6) is 0.417. The lowest BCUT2D eigenvalue weighted by atomic mass is 10.2. The molecule has 134 valence electrons. The van der Waals surface area contributed by atoms with Crippen molar-refractivity contribution in [2.45, 2.75) is 20.4 Å². The Bertz CT molecular complexity index is 958. The van der Waals surface area contributed by atoms with Crippen molar-refractivity contribution in [2.24, 2.45) is 0 Å². The number of nitrogens with one attached hydrogen (secondary N) is 1. The van der Waals surface area contributed by atoms with E-state index in [1.165, 1.54) is 22.9 Å². The zero-order valence-electron chi connectivity index (χ0n) is 14.2. The second kappa shape index (κ2) is 7.65. The van der Waals surface area contributed by atoms with Crippen LogP contribution >= 0.6 is 15.9 Å². The van der Waals surface area contributed by atoms with E-state index in [9.17, 15) is 9.18 Å². The smallest absolute Gasteiger partial charge is 0.244 e. The lowest BCUT2D eigenvalue weighted by molar-refractivity contribution is -0.116. The minimum Gasteiger partial charge on any atom is -0.444 e. The average Bonchev–Trinajstić information content (AvgIpc) is 3.17. The summed E-state index contributed by atoms with van der Waals surface area (Å²) in [7, 11) is 0. The Balaban J connectivity index is 1.62. The van der Waals surface area contributed by atoms with E-state index < -0.39 is 5.82 Å². The number of carbonyl (C=O) groups is 1. The first-order valence-electron chi connectivity index (χ1n) is 7.81. The summed E-state index contributed by atoms with van der Waals surface area (Å²) >= 11 is 3.27. The molecule has 26 heavy (non-hydrogen) atoms. The fourth-order valence-electron chi connectivity index (χ4n) is 2.25. The third kappa shape index (κ3) is 4.26. The zero-order valence-corrected chi connectivity index (χ0v) is 15.7. The van der Waals surface area contributed by atoms with Gasteiger partial charge in [0.05, 0.1) is 22.9 Å². The first kappa shape index (κ1) is 18.1. The van der Waals surface area contributed by atoms with Crippen LogP contribution in [0.4, 0.5) is 4.39 Å². The molecular formula is C18H16BrFN4O2. The van der Waals surface area contributed by atoms with Crippen molar-refractivity contribution in [2.75, 3.05) is 0 Å². The van der Waals surface area contributed by atoms with E-state index in [0.717, 1.165) is 15.9 Å². The molecule has 1 aromatic carbocycles. The molecular weight excluding hydrogens is 403 g/mol. The van der Waals surface area contributed by atoms with Crippen molar-refractivity contribution in [3.8, 4) is 5.69 Å². The largest absolute Gasteiger partial charge is 0.444 e. The van der Waals surface area contributed by atoms with Crippen molar-refractivity contribution in [1.29, 1.82) is 0 Å². The minimum absolute atomic E-state index is 0.194. The Hall–Kier alpha value is -2.74. The summed E-state index contributed by atoms with van der Waals surface area (Å²) in [6.45, 7) is 3.84. The summed E-state index contributed by atoms with van der Waals surface area (Å²) in [5.41, 5.74) is 1.69. The van der Waals surface area contributed by atoms with Crippen LogP contribution in [0, 0.1) is 19.7 Å². The number of hydrogen-bond acceptors (Lipinski definition) is 4. The second-order valence-electron chi connectivity index (χ2n) is 5.61. The van der Waals surface area contributed by atoms with E-state index in [2.05, 4.69) is 31.3 Å². The van der Waals surface area contributed by atoms with Crippen LogP contribution in [0.2, 0.25) is 0 Å². The normalized spacial score (nSPS) is 11.2. The van der Waals surface area contributed by atoms with E-state index in [1.807, 2.05) is 13.8 Å². The number of oxazole rings is 1. The van der Waals surface area contributed by atoms with Crippen molar-refractivity contribution < 1.29 is 13.6 Å². The number of aromatic nitrogens is 3. The second-order valence-corrected chi connectivity index (χ2v) is 6.53. The molecule has 8 heteroatoms. The summed E-state index contributed by atoms with van der Waals surface area (Å²) in [5, 5.41) is 6.71. The first-order valence-corrected chi connectivity index (χ1v) is 8.60. The minimum atomic E-state index is -0.436. The van der Waals surface area contributed by atoms with Crippen LogP contribution in [-0.2, 0) is 11.3 Å². The zero-order chi connectivity index (χ0) is 18.7. The maximum Gasteiger partial charge on any atom is 0.244 e. The molecule has 3 aromatic rings. The SMILES string of the molecule is Cc1nc(CNC(=O)/C=C/c2ccc(-n3cc(Br)cn3)c(F)c2)oc1C. The molecule has 3 rings (SSSR count). The van der Waals surface area contributed by atoms with Crippen LogP contribution in [0.3, 0.4) is 0 Å². The Kier molecular flexibility index (Phi) is 5.32. The fourth-order valence-corrected chi connectivity index (χ4v) is 2.54. The molecule has 1 amide bonds. The molecule has 0 fully saturated rings. The molecule has 6 nitrogen and oxygen atoms in total. The number of nitrogens with zero attached hydrogens (tertiary/aromatic N) is 3. The number of benzene rings is 1. The Morgan fingerprint density at radius 3 is 2.85 bits per heavy atom. The molecule has 0 aliphatic rings. The number of halogens is 2. The Labute approximate surface area is 157 Å². The third-order valence-electron chi connectivity index (χ3n) is 3.68. The quantitative estimate of drug-likeness (QED) is 0.640. The average molecular weight is 419 g/mol. The van der Waals surface area contributed by atoms with Gasteiger partial charge in [0.15, 0.2) is 0 Å². The number of rotatable bonds is 5. The van der Waals surface area contributed by atoms with E-state index >= 15 is 0 Å². The highest BCUT2D eigenvalue weighted by molar-refractivity contribution is 9.10. The maximum atomic E-state index is 14.2. The molecule has 2 heterocycles. The standard InChI is InChI=1S/C18H16BrFN4O2/c1-11-12(2)26-18(23-11)9-21-17(25)6-4-13-3-5-16(15(20)7-13)24-10-14(19)8-22-24/h3-8,10H,9H2,1-2H3,(H,21,25)/b6-4+. The highest BCUT2D eigenvalue weighted by Gasteiger charge is 2.08. The Morgan fingerprint density at radius 2 is 2.23 bits per heavy atom. The molecule has 1 N–H and O–H groups in total. The molecule has 0 spiro atoms. The van der Waals surface area contributed by atoms with Gasteiger partial charge in [0.1, 0.15) is 17.3 Å². The van der Waals surface area contributed by atoms with Gasteiger partial charge in [0.25, 0.3) is 0 Å². The van der Waals surface area contributed by atoms with Gasteiger partial charge >= 0.3 is 0 Å². The van der Waals surface area contributed by atoms with Gasteiger partial charge in [-0.25, -0.2) is 14.1 Å². The number of amides is 1. The van der Waals surface area contributed by atoms with Gasteiger partial charge < -0.3 is 9.73 Å². The van der Waals surface area contributed by atoms with Gasteiger partial charge in [0, 0.05) is 12.3 Å². The molecule has 0 saturated heterocycles. The first-order chi connectivity index (χ1) is 12.4. The highest BCUT2D eigenvalue weighted by atomic mass is 79.9. The van der Waals surface area contributed by atoms with Gasteiger partial charge in [-0.3, -0.25) is 4.79 Å². The van der Waals surface area contributed by atoms with Crippen molar-refractivity contribution in [1.82, 2.24) is 20.1 Å². The van der Waals surface area contributed by atoms with Crippen molar-refractivity contribution in [3.05, 3.63) is 69.9 Å². The van der Waals surface area contributed by atoms with Crippen LogP contribution in [0.25, 0.3) is 11.8 Å². The molecule has 0 radical (unpaired) electrons. The summed E-state index contributed by atoms with van der Waals surface area (Å²) in [6, 6.07) is 4.65. The van der Waals surface area contributed by atoms with Crippen molar-refractivity contribution >= 4 is 27.9 Å². The molecule has 0 aliphatic heterocycles. The number of aryl methyl sites for hydroxylation is 2. The number of carbonyl (C=O) groups excluding carboxylic acids is 1. The van der Waals surface area contributed by atoms with Crippen LogP contribution in [0.15, 0.2) is 45.6 Å². The lowest BCUT2D eigenvalue weighted by Gasteiger charge is -2.04. The van der Waals surface area contributed by atoms with E-state index in [0.29, 0.717) is 17.1 Å². The van der Waals surface area contributed by atoms with Crippen LogP contribution in [0.1, 0.15) is 22.9 Å². The number of hydrogen-bond donors (Lipinski definition) is 1. The van der Waals surface area contributed by atoms with Crippen molar-refractivity contribution in [3.63, 3.8) is 0 Å². The van der Waals surface area contributed by atoms with E-state index in [-0.39, 0.29) is 12.5 Å². The van der Waals surface area contributed by atoms with Crippen LogP contribution < -0.4 is 5.32 Å². The topological polar surface area (TPSA) is 73.0 Å². The van der Waals surface area contributed by atoms with Crippen LogP contribution in [0.5, 0.6) is 0 Å². The summed E-state index contributed by atoms with van der Waals surface area (Å²) < 4.78 is 21.8. The summed E-state index contributed by atoms with van der Waals surface area (Å²) in [4.78, 5) is 16.1. The van der Waals surface area contributed by atoms with E-state index in [4.69, 9.17) is 4.42 Å². The molecule has 2 aromatic heterocycles. The lowest BCUT2D eigenvalue weighted by Crippen LogP contribution is -2.20. The van der Waals surface area contributed by atoms with E-state index in [1.54, 1.807) is 24.5 Å². The highest BCUT2D eigenvalue weighted by Crippen LogP contribution is 2.18. The maximum absolute atomic E-state index is 14.2. The van der Waals surface area contributed by atoms with Gasteiger partial charge in [0.2, 0.25) is 11.8 Å². The Morgan fingerprint density at radius 1 is 1.42 bits per heavy atom. The summed E-state index contributed by atoms with van der Waals surface area (Å²) in [6.07, 6.45) is 6.11. The van der Waals surface area contributed by atoms with Gasteiger partial charge in [-0.05, 0) is 53.5 Å². The van der Waals surface area contributed by atoms with Gasteiger partial charge in [-0.2, -0.15) is 5.10 Å². The predicted octanol–water partition coefficient (Wildman–Crippen LogP) is 3.71. The van der Waals surface area contributed by atoms with Crippen LogP contribution in [-0.4, -0.2) is 20.7 Å². The molecule has 0 saturated carbocycles. The molecule has 0 atom stereocenters. The monoisotopic (exact) mass is 418 g/mol. The van der Waals surface area contributed by atoms with Gasteiger partial charge in [-0.1, -0.05) is 6.07 Å². The third-order valence-corrected chi connectivity index (χ3v) is 4.09. The molecule has 0 unspecified atom stereocenters.